The fourth-order valence-electron chi connectivity index (χ4n) is 3.97. The molecule has 3 aromatic rings. The molecule has 2 amide bonds. The van der Waals surface area contributed by atoms with Crippen LogP contribution >= 0.6 is 0 Å². The van der Waals surface area contributed by atoms with Gasteiger partial charge in [-0.2, -0.15) is 0 Å². The first-order chi connectivity index (χ1) is 14.3. The summed E-state index contributed by atoms with van der Waals surface area (Å²) in [6, 6.07) is 11.1. The standard InChI is InChI=1S/C22H21FN2O5/c1-25-11-16(15-10-13(23)5-6-17(15)25)20-19(21(28)24-22(20)29)12-3-2-4-14(9-12)30-8-7-18(26)27/h2-6,9-11,18-20,26-27H,7-8H2,1H3,(H,24,28,29)/t19-,20-/m0/s1. The van der Waals surface area contributed by atoms with E-state index in [2.05, 4.69) is 5.32 Å². The molecule has 0 unspecified atom stereocenters. The molecule has 0 saturated carbocycles. The van der Waals surface area contributed by atoms with Crippen LogP contribution in [0.5, 0.6) is 5.75 Å². The number of nitrogens with one attached hydrogen (secondary N) is 1. The Labute approximate surface area is 171 Å². The fourth-order valence-corrected chi connectivity index (χ4v) is 3.97. The first-order valence-electron chi connectivity index (χ1n) is 9.53. The summed E-state index contributed by atoms with van der Waals surface area (Å²) in [4.78, 5) is 25.4. The van der Waals surface area contributed by atoms with E-state index >= 15 is 0 Å². The number of hydrogen-bond acceptors (Lipinski definition) is 5. The number of fused-ring (bicyclic) bond motifs is 1. The van der Waals surface area contributed by atoms with Gasteiger partial charge in [-0.3, -0.25) is 14.9 Å². The van der Waals surface area contributed by atoms with Crippen molar-refractivity contribution in [1.29, 1.82) is 0 Å². The maximum Gasteiger partial charge on any atom is 0.235 e. The number of imide groups is 1. The second-order valence-corrected chi connectivity index (χ2v) is 7.36. The van der Waals surface area contributed by atoms with Crippen LogP contribution < -0.4 is 10.1 Å². The first-order valence-corrected chi connectivity index (χ1v) is 9.53. The van der Waals surface area contributed by atoms with Crippen LogP contribution in [0.25, 0.3) is 10.9 Å². The highest BCUT2D eigenvalue weighted by Gasteiger charge is 2.44. The summed E-state index contributed by atoms with van der Waals surface area (Å²) in [6.07, 6.45) is 0.322. The number of aliphatic hydroxyl groups is 2. The van der Waals surface area contributed by atoms with Crippen molar-refractivity contribution in [3.63, 3.8) is 0 Å². The Kier molecular flexibility index (Phi) is 5.27. The Morgan fingerprint density at radius 2 is 1.90 bits per heavy atom. The second kappa shape index (κ2) is 7.89. The molecule has 1 saturated heterocycles. The molecular weight excluding hydrogens is 391 g/mol. The van der Waals surface area contributed by atoms with Crippen molar-refractivity contribution in [2.45, 2.75) is 24.5 Å². The van der Waals surface area contributed by atoms with E-state index in [1.54, 1.807) is 48.1 Å². The number of carbonyl (C=O) groups is 2. The molecule has 1 aliphatic heterocycles. The number of amides is 2. The summed E-state index contributed by atoms with van der Waals surface area (Å²) in [5.74, 6) is -2.44. The lowest BCUT2D eigenvalue weighted by atomic mass is 9.83. The van der Waals surface area contributed by atoms with E-state index in [0.717, 1.165) is 5.52 Å². The molecular formula is C22H21FN2O5. The van der Waals surface area contributed by atoms with Crippen molar-refractivity contribution in [2.24, 2.45) is 7.05 Å². The zero-order valence-corrected chi connectivity index (χ0v) is 16.2. The van der Waals surface area contributed by atoms with Gasteiger partial charge in [-0.1, -0.05) is 12.1 Å². The Bertz CT molecular complexity index is 1120. The number of hydrogen-bond donors (Lipinski definition) is 3. The van der Waals surface area contributed by atoms with Gasteiger partial charge in [0, 0.05) is 30.6 Å². The summed E-state index contributed by atoms with van der Waals surface area (Å²) in [5, 5.41) is 20.9. The summed E-state index contributed by atoms with van der Waals surface area (Å²) in [5.41, 5.74) is 1.92. The van der Waals surface area contributed by atoms with Gasteiger partial charge in [0.25, 0.3) is 0 Å². The predicted molar refractivity (Wildman–Crippen MR) is 106 cm³/mol. The van der Waals surface area contributed by atoms with Crippen molar-refractivity contribution in [1.82, 2.24) is 9.88 Å². The van der Waals surface area contributed by atoms with Gasteiger partial charge in [-0.15, -0.1) is 0 Å². The summed E-state index contributed by atoms with van der Waals surface area (Å²) in [6.45, 7) is 0.0863. The number of nitrogens with zero attached hydrogens (tertiary/aromatic N) is 1. The zero-order chi connectivity index (χ0) is 21.4. The number of rotatable bonds is 6. The van der Waals surface area contributed by atoms with Gasteiger partial charge in [0.05, 0.1) is 18.4 Å². The van der Waals surface area contributed by atoms with Crippen LogP contribution in [0.3, 0.4) is 0 Å². The lowest BCUT2D eigenvalue weighted by molar-refractivity contribution is -0.125. The van der Waals surface area contributed by atoms with Gasteiger partial charge in [-0.25, -0.2) is 4.39 Å². The van der Waals surface area contributed by atoms with Crippen LogP contribution in [0.1, 0.15) is 29.4 Å². The Morgan fingerprint density at radius 3 is 2.67 bits per heavy atom. The summed E-state index contributed by atoms with van der Waals surface area (Å²) in [7, 11) is 1.80. The number of aliphatic hydroxyl groups excluding tert-OH is 1. The van der Waals surface area contributed by atoms with Crippen molar-refractivity contribution in [2.75, 3.05) is 6.61 Å². The molecule has 0 aliphatic carbocycles. The zero-order valence-electron chi connectivity index (χ0n) is 16.2. The van der Waals surface area contributed by atoms with Gasteiger partial charge in [0.15, 0.2) is 6.29 Å². The van der Waals surface area contributed by atoms with Gasteiger partial charge in [0.2, 0.25) is 11.8 Å². The molecule has 0 radical (unpaired) electrons. The van der Waals surface area contributed by atoms with Crippen LogP contribution in [-0.4, -0.2) is 39.5 Å². The molecule has 1 aliphatic rings. The minimum Gasteiger partial charge on any atom is -0.493 e. The number of ether oxygens (including phenoxy) is 1. The van der Waals surface area contributed by atoms with Gasteiger partial charge < -0.3 is 19.5 Å². The molecule has 0 spiro atoms. The average molecular weight is 412 g/mol. The van der Waals surface area contributed by atoms with E-state index in [1.807, 2.05) is 0 Å². The molecule has 7 nitrogen and oxygen atoms in total. The molecule has 1 fully saturated rings. The molecule has 1 aromatic heterocycles. The number of halogens is 1. The highest BCUT2D eigenvalue weighted by atomic mass is 19.1. The van der Waals surface area contributed by atoms with Crippen LogP contribution in [0.2, 0.25) is 0 Å². The Hall–Kier alpha value is -3.23. The van der Waals surface area contributed by atoms with E-state index in [4.69, 9.17) is 14.9 Å². The molecule has 0 bridgehead atoms. The Morgan fingerprint density at radius 1 is 1.13 bits per heavy atom. The molecule has 2 aromatic carbocycles. The summed E-state index contributed by atoms with van der Waals surface area (Å²) >= 11 is 0. The van der Waals surface area contributed by atoms with Crippen LogP contribution in [0, 0.1) is 5.82 Å². The van der Waals surface area contributed by atoms with E-state index in [-0.39, 0.29) is 13.0 Å². The molecule has 2 heterocycles. The topological polar surface area (TPSA) is 101 Å². The van der Waals surface area contributed by atoms with E-state index < -0.39 is 35.8 Å². The number of carbonyl (C=O) groups excluding carboxylic acids is 2. The maximum atomic E-state index is 13.9. The lowest BCUT2D eigenvalue weighted by Gasteiger charge is -2.17. The minimum atomic E-state index is -1.47. The smallest absolute Gasteiger partial charge is 0.235 e. The van der Waals surface area contributed by atoms with Gasteiger partial charge in [-0.05, 0) is 41.5 Å². The molecule has 3 N–H and O–H groups in total. The average Bonchev–Trinajstić information content (AvgIpc) is 3.16. The largest absolute Gasteiger partial charge is 0.493 e. The van der Waals surface area contributed by atoms with Crippen LogP contribution in [0.4, 0.5) is 4.39 Å². The van der Waals surface area contributed by atoms with Gasteiger partial charge in [0.1, 0.15) is 11.6 Å². The molecule has 30 heavy (non-hydrogen) atoms. The number of benzene rings is 2. The fraction of sp³-hybridized carbons (Fsp3) is 0.273. The third-order valence-electron chi connectivity index (χ3n) is 5.32. The SMILES string of the molecule is Cn1cc([C@@H]2C(=O)NC(=O)[C@H]2c2cccc(OCCC(O)O)c2)c2cc(F)ccc21. The molecule has 8 heteroatoms. The first kappa shape index (κ1) is 20.1. The van der Waals surface area contributed by atoms with E-state index in [1.165, 1.54) is 12.1 Å². The molecule has 2 atom stereocenters. The van der Waals surface area contributed by atoms with Crippen molar-refractivity contribution in [3.8, 4) is 5.75 Å². The predicted octanol–water partition coefficient (Wildman–Crippen LogP) is 1.92. The van der Waals surface area contributed by atoms with Crippen LogP contribution in [0.15, 0.2) is 48.7 Å². The van der Waals surface area contributed by atoms with Crippen LogP contribution in [-0.2, 0) is 16.6 Å². The third-order valence-corrected chi connectivity index (χ3v) is 5.32. The quantitative estimate of drug-likeness (QED) is 0.424. The van der Waals surface area contributed by atoms with Crippen molar-refractivity contribution in [3.05, 3.63) is 65.6 Å². The highest BCUT2D eigenvalue weighted by Crippen LogP contribution is 2.41. The molecule has 156 valence electrons. The van der Waals surface area contributed by atoms with Crippen molar-refractivity contribution < 1.29 is 28.9 Å². The highest BCUT2D eigenvalue weighted by molar-refractivity contribution is 6.11. The summed E-state index contributed by atoms with van der Waals surface area (Å²) < 4.78 is 21.2. The van der Waals surface area contributed by atoms with E-state index in [0.29, 0.717) is 22.3 Å². The minimum absolute atomic E-state index is 0.0385. The number of aromatic nitrogens is 1. The van der Waals surface area contributed by atoms with Gasteiger partial charge >= 0.3 is 0 Å². The normalized spacial score (nSPS) is 19.0. The van der Waals surface area contributed by atoms with E-state index in [9.17, 15) is 14.0 Å². The third kappa shape index (κ3) is 3.67. The lowest BCUT2D eigenvalue weighted by Crippen LogP contribution is -2.21. The second-order valence-electron chi connectivity index (χ2n) is 7.36. The van der Waals surface area contributed by atoms with Crippen molar-refractivity contribution >= 4 is 22.7 Å². The number of aryl methyl sites for hydroxylation is 1. The monoisotopic (exact) mass is 412 g/mol. The Balaban J connectivity index is 1.72. The maximum absolute atomic E-state index is 13.9. The molecule has 4 rings (SSSR count).